The molecule has 1 aliphatic rings. The van der Waals surface area contributed by atoms with Gasteiger partial charge in [-0.15, -0.1) is 0 Å². The molecule has 0 saturated carbocycles. The van der Waals surface area contributed by atoms with Gasteiger partial charge in [0.2, 0.25) is 5.56 Å². The second kappa shape index (κ2) is 8.17. The van der Waals surface area contributed by atoms with Gasteiger partial charge >= 0.3 is 6.18 Å². The van der Waals surface area contributed by atoms with Gasteiger partial charge in [-0.2, -0.15) is 13.2 Å². The number of carbonyl (C=O) groups is 1. The number of ether oxygens (including phenoxy) is 1. The summed E-state index contributed by atoms with van der Waals surface area (Å²) in [5.41, 5.74) is -0.781. The second-order valence-corrected chi connectivity index (χ2v) is 6.88. The van der Waals surface area contributed by atoms with Crippen LogP contribution in [0.1, 0.15) is 41.4 Å². The lowest BCUT2D eigenvalue weighted by Crippen LogP contribution is -2.18. The smallest absolute Gasteiger partial charge is 0.416 e. The van der Waals surface area contributed by atoms with E-state index in [1.54, 1.807) is 13.8 Å². The van der Waals surface area contributed by atoms with Crippen LogP contribution in [-0.4, -0.2) is 10.9 Å². The zero-order valence-electron chi connectivity index (χ0n) is 16.1. The SMILES string of the molecule is CC1=C(Oc2ccc(C(F)(F)F)cc2C(=O)Nc2cc(C)[nH]c(=O)c2)CCC(F)=C1. The molecule has 0 aliphatic heterocycles. The molecule has 0 saturated heterocycles. The number of alkyl halides is 3. The van der Waals surface area contributed by atoms with Gasteiger partial charge in [-0.25, -0.2) is 4.39 Å². The predicted molar refractivity (Wildman–Crippen MR) is 103 cm³/mol. The predicted octanol–water partition coefficient (Wildman–Crippen LogP) is 5.25. The number of amides is 1. The summed E-state index contributed by atoms with van der Waals surface area (Å²) in [4.78, 5) is 26.8. The van der Waals surface area contributed by atoms with Crippen molar-refractivity contribution in [3.63, 3.8) is 0 Å². The first-order valence-corrected chi connectivity index (χ1v) is 9.00. The molecular formula is C21H18F4N2O3. The summed E-state index contributed by atoms with van der Waals surface area (Å²) in [5.74, 6) is -0.948. The third kappa shape index (κ3) is 4.97. The lowest BCUT2D eigenvalue weighted by atomic mass is 10.0. The van der Waals surface area contributed by atoms with Crippen LogP contribution in [0.4, 0.5) is 23.2 Å². The van der Waals surface area contributed by atoms with Gasteiger partial charge in [0.15, 0.2) is 0 Å². The van der Waals surface area contributed by atoms with Crippen LogP contribution >= 0.6 is 0 Å². The van der Waals surface area contributed by atoms with Crippen LogP contribution in [0.25, 0.3) is 0 Å². The Hall–Kier alpha value is -3.36. The number of allylic oxidation sites excluding steroid dienone is 4. The Morgan fingerprint density at radius 2 is 1.87 bits per heavy atom. The number of nitrogens with one attached hydrogen (secondary N) is 2. The average molecular weight is 422 g/mol. The molecule has 0 atom stereocenters. The number of anilines is 1. The molecular weight excluding hydrogens is 404 g/mol. The monoisotopic (exact) mass is 422 g/mol. The molecule has 158 valence electrons. The minimum absolute atomic E-state index is 0.0981. The summed E-state index contributed by atoms with van der Waals surface area (Å²) in [7, 11) is 0. The van der Waals surface area contributed by atoms with E-state index in [0.29, 0.717) is 23.1 Å². The van der Waals surface area contributed by atoms with Crippen molar-refractivity contribution in [3.8, 4) is 5.75 Å². The fourth-order valence-electron chi connectivity index (χ4n) is 3.01. The number of hydrogen-bond donors (Lipinski definition) is 2. The van der Waals surface area contributed by atoms with Crippen LogP contribution in [0, 0.1) is 6.92 Å². The maximum atomic E-state index is 13.4. The van der Waals surface area contributed by atoms with Crippen molar-refractivity contribution in [1.29, 1.82) is 0 Å². The van der Waals surface area contributed by atoms with Crippen LogP contribution in [0.3, 0.4) is 0 Å². The summed E-state index contributed by atoms with van der Waals surface area (Å²) in [6.45, 7) is 3.21. The highest BCUT2D eigenvalue weighted by Gasteiger charge is 2.32. The van der Waals surface area contributed by atoms with Crippen LogP contribution in [-0.2, 0) is 6.18 Å². The van der Waals surface area contributed by atoms with E-state index in [1.807, 2.05) is 0 Å². The largest absolute Gasteiger partial charge is 0.461 e. The third-order valence-corrected chi connectivity index (χ3v) is 4.43. The maximum Gasteiger partial charge on any atom is 0.416 e. The standard InChI is InChI=1S/C21H18F4N2O3/c1-11-7-14(22)4-6-17(11)30-18-5-3-13(21(23,24)25)9-16(18)20(29)27-15-8-12(2)26-19(28)10-15/h3,5,7-10H,4,6H2,1-2H3,(H2,26,27,28,29). The first kappa shape index (κ1) is 21.4. The van der Waals surface area contributed by atoms with Gasteiger partial charge < -0.3 is 15.0 Å². The van der Waals surface area contributed by atoms with Gasteiger partial charge in [0.25, 0.3) is 5.91 Å². The fraction of sp³-hybridized carbons (Fsp3) is 0.238. The molecule has 1 amide bonds. The molecule has 2 aromatic rings. The normalized spacial score (nSPS) is 14.4. The highest BCUT2D eigenvalue weighted by molar-refractivity contribution is 6.06. The molecule has 0 unspecified atom stereocenters. The molecule has 9 heteroatoms. The zero-order chi connectivity index (χ0) is 22.1. The number of hydrogen-bond acceptors (Lipinski definition) is 3. The average Bonchev–Trinajstić information content (AvgIpc) is 2.62. The van der Waals surface area contributed by atoms with E-state index in [4.69, 9.17) is 4.74 Å². The Bertz CT molecular complexity index is 1110. The molecule has 0 radical (unpaired) electrons. The molecule has 1 heterocycles. The highest BCUT2D eigenvalue weighted by Crippen LogP contribution is 2.35. The van der Waals surface area contributed by atoms with Gasteiger partial charge in [0.1, 0.15) is 17.3 Å². The van der Waals surface area contributed by atoms with Crippen LogP contribution in [0.2, 0.25) is 0 Å². The van der Waals surface area contributed by atoms with Gasteiger partial charge in [0.05, 0.1) is 11.1 Å². The number of carbonyl (C=O) groups excluding carboxylic acids is 1. The highest BCUT2D eigenvalue weighted by atomic mass is 19.4. The number of benzene rings is 1. The lowest BCUT2D eigenvalue weighted by molar-refractivity contribution is -0.137. The minimum atomic E-state index is -4.67. The van der Waals surface area contributed by atoms with E-state index in [1.165, 1.54) is 12.1 Å². The van der Waals surface area contributed by atoms with Crippen LogP contribution in [0.15, 0.2) is 58.4 Å². The summed E-state index contributed by atoms with van der Waals surface area (Å²) in [6.07, 6.45) is -3.08. The maximum absolute atomic E-state index is 13.4. The molecule has 5 nitrogen and oxygen atoms in total. The molecule has 30 heavy (non-hydrogen) atoms. The summed E-state index contributed by atoms with van der Waals surface area (Å²) >= 11 is 0. The number of pyridine rings is 1. The molecule has 2 N–H and O–H groups in total. The van der Waals surface area contributed by atoms with E-state index >= 15 is 0 Å². The van der Waals surface area contributed by atoms with Crippen molar-refractivity contribution in [2.45, 2.75) is 32.9 Å². The van der Waals surface area contributed by atoms with E-state index in [0.717, 1.165) is 18.2 Å². The zero-order valence-corrected chi connectivity index (χ0v) is 16.1. The number of aromatic amines is 1. The first-order chi connectivity index (χ1) is 14.0. The van der Waals surface area contributed by atoms with Crippen LogP contribution in [0.5, 0.6) is 5.75 Å². The number of aryl methyl sites for hydroxylation is 1. The van der Waals surface area contributed by atoms with Crippen molar-refractivity contribution < 1.29 is 27.1 Å². The molecule has 1 aromatic carbocycles. The Morgan fingerprint density at radius 3 is 2.50 bits per heavy atom. The quantitative estimate of drug-likeness (QED) is 0.661. The topological polar surface area (TPSA) is 71.2 Å². The Kier molecular flexibility index (Phi) is 5.82. The van der Waals surface area contributed by atoms with Crippen molar-refractivity contribution in [3.05, 3.63) is 80.7 Å². The molecule has 3 rings (SSSR count). The van der Waals surface area contributed by atoms with Crippen molar-refractivity contribution in [2.75, 3.05) is 5.32 Å². The third-order valence-electron chi connectivity index (χ3n) is 4.43. The van der Waals surface area contributed by atoms with Gasteiger partial charge in [-0.3, -0.25) is 9.59 Å². The lowest BCUT2D eigenvalue weighted by Gasteiger charge is -2.19. The Balaban J connectivity index is 2.00. The molecule has 1 aliphatic carbocycles. The summed E-state index contributed by atoms with van der Waals surface area (Å²) in [6, 6.07) is 5.11. The van der Waals surface area contributed by atoms with E-state index < -0.39 is 23.2 Å². The van der Waals surface area contributed by atoms with Gasteiger partial charge in [-0.1, -0.05) is 0 Å². The molecule has 0 bridgehead atoms. The summed E-state index contributed by atoms with van der Waals surface area (Å²) < 4.78 is 58.6. The van der Waals surface area contributed by atoms with E-state index in [2.05, 4.69) is 10.3 Å². The van der Waals surface area contributed by atoms with E-state index in [-0.39, 0.29) is 35.7 Å². The molecule has 0 spiro atoms. The molecule has 0 fully saturated rings. The Morgan fingerprint density at radius 1 is 1.13 bits per heavy atom. The number of halogens is 4. The second-order valence-electron chi connectivity index (χ2n) is 6.88. The van der Waals surface area contributed by atoms with Crippen molar-refractivity contribution in [1.82, 2.24) is 4.98 Å². The summed E-state index contributed by atoms with van der Waals surface area (Å²) in [5, 5.41) is 2.42. The number of aromatic nitrogens is 1. The van der Waals surface area contributed by atoms with Crippen molar-refractivity contribution in [2.24, 2.45) is 0 Å². The minimum Gasteiger partial charge on any atom is -0.461 e. The van der Waals surface area contributed by atoms with Gasteiger partial charge in [-0.05, 0) is 49.8 Å². The van der Waals surface area contributed by atoms with Crippen LogP contribution < -0.4 is 15.6 Å². The molecule has 1 aromatic heterocycles. The van der Waals surface area contributed by atoms with Crippen molar-refractivity contribution >= 4 is 11.6 Å². The fourth-order valence-corrected chi connectivity index (χ4v) is 3.01. The Labute approximate surface area is 169 Å². The number of rotatable bonds is 4. The number of H-pyrrole nitrogens is 1. The first-order valence-electron chi connectivity index (χ1n) is 9.00. The van der Waals surface area contributed by atoms with E-state index in [9.17, 15) is 27.2 Å². The van der Waals surface area contributed by atoms with Gasteiger partial charge in [0, 0.05) is 30.3 Å².